The highest BCUT2D eigenvalue weighted by Crippen LogP contribution is 2.19. The summed E-state index contributed by atoms with van der Waals surface area (Å²) in [5, 5.41) is 25.2. The molecule has 3 aromatic rings. The van der Waals surface area contributed by atoms with Crippen molar-refractivity contribution in [3.63, 3.8) is 0 Å². The highest BCUT2D eigenvalue weighted by atomic mass is 19.1. The van der Waals surface area contributed by atoms with Crippen molar-refractivity contribution in [2.24, 2.45) is 0 Å². The van der Waals surface area contributed by atoms with Crippen LogP contribution in [0.3, 0.4) is 0 Å². The molecular weight excluding hydrogens is 443 g/mol. The van der Waals surface area contributed by atoms with Gasteiger partial charge in [0, 0.05) is 23.5 Å². The fourth-order valence-corrected chi connectivity index (χ4v) is 2.75. The number of nitrogens with one attached hydrogen (secondary N) is 2. The number of anilines is 2. The van der Waals surface area contributed by atoms with E-state index in [9.17, 15) is 29.4 Å². The van der Waals surface area contributed by atoms with E-state index in [0.717, 1.165) is 0 Å². The summed E-state index contributed by atoms with van der Waals surface area (Å²) in [6, 6.07) is 18.8. The number of nitro benzene ring substituents is 1. The maximum Gasteiger partial charge on any atom is 0.271 e. The number of benzene rings is 3. The summed E-state index contributed by atoms with van der Waals surface area (Å²) in [4.78, 5) is 34.6. The molecule has 0 atom stereocenters. The molecule has 0 heterocycles. The number of non-ortho nitro benzene ring substituents is 1. The van der Waals surface area contributed by atoms with Crippen molar-refractivity contribution < 1.29 is 23.6 Å². The lowest BCUT2D eigenvalue weighted by atomic mass is 10.1. The molecule has 0 unspecified atom stereocenters. The second-order valence-electron chi connectivity index (χ2n) is 6.84. The zero-order chi connectivity index (χ0) is 24.5. The van der Waals surface area contributed by atoms with E-state index < -0.39 is 22.6 Å². The fraction of sp³-hybridized carbons (Fsp3) is 0.0417. The molecular formula is C24H17FN4O5. The van der Waals surface area contributed by atoms with Gasteiger partial charge in [-0.2, -0.15) is 5.26 Å². The van der Waals surface area contributed by atoms with Crippen LogP contribution in [0.2, 0.25) is 0 Å². The third-order valence-corrected chi connectivity index (χ3v) is 4.37. The van der Waals surface area contributed by atoms with E-state index in [-0.39, 0.29) is 23.6 Å². The highest BCUT2D eigenvalue weighted by Gasteiger charge is 2.12. The normalized spacial score (nSPS) is 10.6. The van der Waals surface area contributed by atoms with E-state index in [0.29, 0.717) is 17.0 Å². The quantitative estimate of drug-likeness (QED) is 0.223. The number of rotatable bonds is 8. The summed E-state index contributed by atoms with van der Waals surface area (Å²) in [5.41, 5.74) is 0.737. The SMILES string of the molecule is N#CC(=Cc1ccc(OCC(=O)Nc2ccc(F)cc2)cc1)C(=O)Nc1cccc([N+](=O)[O-])c1. The molecule has 0 aliphatic heterocycles. The van der Waals surface area contributed by atoms with Crippen LogP contribution in [0.4, 0.5) is 21.5 Å². The zero-order valence-corrected chi connectivity index (χ0v) is 17.5. The van der Waals surface area contributed by atoms with Crippen LogP contribution >= 0.6 is 0 Å². The number of halogens is 1. The van der Waals surface area contributed by atoms with Gasteiger partial charge in [-0.3, -0.25) is 19.7 Å². The molecule has 0 spiro atoms. The Bertz CT molecular complexity index is 1280. The molecule has 0 fully saturated rings. The van der Waals surface area contributed by atoms with Gasteiger partial charge in [0.1, 0.15) is 23.2 Å². The smallest absolute Gasteiger partial charge is 0.271 e. The standard InChI is InChI=1S/C24H17FN4O5/c25-18-6-8-19(9-7-18)27-23(30)15-34-22-10-4-16(5-11-22)12-17(14-26)24(31)28-20-2-1-3-21(13-20)29(32)33/h1-13H,15H2,(H,27,30)(H,28,31). The molecule has 0 aliphatic rings. The van der Waals surface area contributed by atoms with Gasteiger partial charge in [0.25, 0.3) is 17.5 Å². The third kappa shape index (κ3) is 6.73. The van der Waals surface area contributed by atoms with Crippen molar-refractivity contribution in [2.45, 2.75) is 0 Å². The van der Waals surface area contributed by atoms with Gasteiger partial charge in [0.05, 0.1) is 4.92 Å². The van der Waals surface area contributed by atoms with Gasteiger partial charge in [-0.05, 0) is 54.1 Å². The Morgan fingerprint density at radius 2 is 1.74 bits per heavy atom. The number of carbonyl (C=O) groups is 2. The van der Waals surface area contributed by atoms with Crippen LogP contribution in [0.25, 0.3) is 6.08 Å². The number of amides is 2. The monoisotopic (exact) mass is 460 g/mol. The van der Waals surface area contributed by atoms with Gasteiger partial charge in [-0.25, -0.2) is 4.39 Å². The summed E-state index contributed by atoms with van der Waals surface area (Å²) in [5.74, 6) is -1.18. The van der Waals surface area contributed by atoms with Gasteiger partial charge >= 0.3 is 0 Å². The number of carbonyl (C=O) groups excluding carboxylic acids is 2. The molecule has 0 radical (unpaired) electrons. The Hall–Kier alpha value is -5.04. The van der Waals surface area contributed by atoms with Crippen LogP contribution in [-0.2, 0) is 9.59 Å². The number of nitrogens with zero attached hydrogens (tertiary/aromatic N) is 2. The first-order chi connectivity index (χ1) is 16.3. The number of ether oxygens (including phenoxy) is 1. The number of hydrogen-bond acceptors (Lipinski definition) is 6. The van der Waals surface area contributed by atoms with Gasteiger partial charge in [0.15, 0.2) is 6.61 Å². The first-order valence-electron chi connectivity index (χ1n) is 9.80. The van der Waals surface area contributed by atoms with Crippen LogP contribution in [0.1, 0.15) is 5.56 Å². The molecule has 9 nitrogen and oxygen atoms in total. The average molecular weight is 460 g/mol. The van der Waals surface area contributed by atoms with E-state index >= 15 is 0 Å². The van der Waals surface area contributed by atoms with Crippen LogP contribution < -0.4 is 15.4 Å². The molecule has 0 saturated heterocycles. The lowest BCUT2D eigenvalue weighted by Crippen LogP contribution is -2.20. The van der Waals surface area contributed by atoms with Crippen LogP contribution in [-0.4, -0.2) is 23.3 Å². The van der Waals surface area contributed by atoms with Gasteiger partial charge in [-0.15, -0.1) is 0 Å². The summed E-state index contributed by atoms with van der Waals surface area (Å²) in [6.07, 6.45) is 1.34. The zero-order valence-electron chi connectivity index (χ0n) is 17.5. The molecule has 2 N–H and O–H groups in total. The Balaban J connectivity index is 1.58. The average Bonchev–Trinajstić information content (AvgIpc) is 2.83. The van der Waals surface area contributed by atoms with Crippen molar-refractivity contribution in [3.05, 3.63) is 99.9 Å². The molecule has 170 valence electrons. The Morgan fingerprint density at radius 1 is 1.03 bits per heavy atom. The van der Waals surface area contributed by atoms with Crippen LogP contribution in [0.5, 0.6) is 5.75 Å². The van der Waals surface area contributed by atoms with E-state index in [4.69, 9.17) is 4.74 Å². The molecule has 3 rings (SSSR count). The van der Waals surface area contributed by atoms with Crippen molar-refractivity contribution in [1.82, 2.24) is 0 Å². The predicted molar refractivity (Wildman–Crippen MR) is 122 cm³/mol. The summed E-state index contributed by atoms with van der Waals surface area (Å²) in [6.45, 7) is -0.276. The first kappa shape index (κ1) is 23.6. The molecule has 34 heavy (non-hydrogen) atoms. The lowest BCUT2D eigenvalue weighted by Gasteiger charge is -2.08. The highest BCUT2D eigenvalue weighted by molar-refractivity contribution is 6.09. The van der Waals surface area contributed by atoms with Crippen LogP contribution in [0.15, 0.2) is 78.4 Å². The third-order valence-electron chi connectivity index (χ3n) is 4.37. The van der Waals surface area contributed by atoms with Crippen molar-refractivity contribution in [1.29, 1.82) is 5.26 Å². The van der Waals surface area contributed by atoms with Gasteiger partial charge < -0.3 is 15.4 Å². The van der Waals surface area contributed by atoms with Gasteiger partial charge in [-0.1, -0.05) is 18.2 Å². The van der Waals surface area contributed by atoms with E-state index in [1.165, 1.54) is 54.6 Å². The largest absolute Gasteiger partial charge is 0.484 e. The van der Waals surface area contributed by atoms with Crippen molar-refractivity contribution in [3.8, 4) is 11.8 Å². The Kier molecular flexibility index (Phi) is 7.65. The predicted octanol–water partition coefficient (Wildman–Crippen LogP) is 4.30. The molecule has 2 amide bonds. The number of hydrogen-bond donors (Lipinski definition) is 2. The number of nitriles is 1. The molecule has 3 aromatic carbocycles. The Labute approximate surface area is 193 Å². The van der Waals surface area contributed by atoms with E-state index in [2.05, 4.69) is 10.6 Å². The summed E-state index contributed by atoms with van der Waals surface area (Å²) in [7, 11) is 0. The first-order valence-corrected chi connectivity index (χ1v) is 9.80. The summed E-state index contributed by atoms with van der Waals surface area (Å²) < 4.78 is 18.3. The molecule has 0 aromatic heterocycles. The van der Waals surface area contributed by atoms with Crippen molar-refractivity contribution in [2.75, 3.05) is 17.2 Å². The molecule has 0 aliphatic carbocycles. The maximum atomic E-state index is 12.9. The van der Waals surface area contributed by atoms with Crippen LogP contribution in [0, 0.1) is 27.3 Å². The number of nitro groups is 1. The molecule has 0 bridgehead atoms. The molecule has 0 saturated carbocycles. The topological polar surface area (TPSA) is 134 Å². The Morgan fingerprint density at radius 3 is 2.38 bits per heavy atom. The van der Waals surface area contributed by atoms with Crippen molar-refractivity contribution >= 4 is 35.0 Å². The minimum absolute atomic E-state index is 0.183. The van der Waals surface area contributed by atoms with E-state index in [1.807, 2.05) is 0 Å². The van der Waals surface area contributed by atoms with Gasteiger partial charge in [0.2, 0.25) is 0 Å². The molecule has 10 heteroatoms. The second-order valence-corrected chi connectivity index (χ2v) is 6.84. The lowest BCUT2D eigenvalue weighted by molar-refractivity contribution is -0.384. The minimum Gasteiger partial charge on any atom is -0.484 e. The minimum atomic E-state index is -0.721. The maximum absolute atomic E-state index is 12.9. The second kappa shape index (κ2) is 11.0. The fourth-order valence-electron chi connectivity index (χ4n) is 2.75. The van der Waals surface area contributed by atoms with E-state index in [1.54, 1.807) is 30.3 Å². The summed E-state index contributed by atoms with van der Waals surface area (Å²) >= 11 is 0.